The van der Waals surface area contributed by atoms with Gasteiger partial charge in [-0.1, -0.05) is 48.0 Å². The molecule has 25 heavy (non-hydrogen) atoms. The van der Waals surface area contributed by atoms with Gasteiger partial charge in [0.15, 0.2) is 0 Å². The van der Waals surface area contributed by atoms with E-state index in [1.165, 1.54) is 16.0 Å². The zero-order valence-electron chi connectivity index (χ0n) is 14.8. The van der Waals surface area contributed by atoms with E-state index in [2.05, 4.69) is 65.4 Å². The molecule has 0 amide bonds. The molecule has 1 N–H and O–H groups in total. The highest BCUT2D eigenvalue weighted by atomic mass is 79.9. The zero-order chi connectivity index (χ0) is 17.9. The summed E-state index contributed by atoms with van der Waals surface area (Å²) < 4.78 is 6.56. The number of hydrogen-bond acceptors (Lipinski definition) is 4. The van der Waals surface area contributed by atoms with E-state index in [4.69, 9.17) is 9.73 Å². The van der Waals surface area contributed by atoms with Gasteiger partial charge in [-0.15, -0.1) is 11.8 Å². The van der Waals surface area contributed by atoms with E-state index >= 15 is 0 Å². The number of hydrogen-bond donors (Lipinski definition) is 1. The molecule has 132 valence electrons. The van der Waals surface area contributed by atoms with Gasteiger partial charge < -0.3 is 10.1 Å². The third-order valence-corrected chi connectivity index (χ3v) is 5.78. The Hall–Kier alpha value is -1.46. The van der Waals surface area contributed by atoms with Gasteiger partial charge in [0.1, 0.15) is 11.6 Å². The molecule has 1 aliphatic rings. The minimum Gasteiger partial charge on any atom is -0.496 e. The fourth-order valence-electron chi connectivity index (χ4n) is 2.71. The molecular formula is C20H23BrN2OS. The first-order chi connectivity index (χ1) is 12.0. The van der Waals surface area contributed by atoms with Crippen LogP contribution < -0.4 is 10.1 Å². The molecule has 3 nitrogen and oxygen atoms in total. The van der Waals surface area contributed by atoms with Crippen LogP contribution in [0, 0.1) is 5.41 Å². The molecule has 0 saturated heterocycles. The summed E-state index contributed by atoms with van der Waals surface area (Å²) in [6.07, 6.45) is 0. The smallest absolute Gasteiger partial charge is 0.129 e. The Kier molecular flexibility index (Phi) is 5.74. The normalized spacial score (nSPS) is 16.1. The zero-order valence-corrected chi connectivity index (χ0v) is 17.2. The molecule has 3 rings (SSSR count). The molecule has 0 saturated carbocycles. The van der Waals surface area contributed by atoms with Crippen LogP contribution in [0.15, 0.2) is 56.8 Å². The molecule has 0 radical (unpaired) electrons. The largest absolute Gasteiger partial charge is 0.496 e. The Balaban J connectivity index is 1.81. The van der Waals surface area contributed by atoms with Crippen molar-refractivity contribution in [3.05, 3.63) is 58.1 Å². The van der Waals surface area contributed by atoms with Crippen LogP contribution in [-0.2, 0) is 5.75 Å². The predicted octanol–water partition coefficient (Wildman–Crippen LogP) is 5.13. The molecular weight excluding hydrogens is 396 g/mol. The summed E-state index contributed by atoms with van der Waals surface area (Å²) in [6, 6.07) is 14.6. The molecule has 0 atom stereocenters. The Morgan fingerprint density at radius 1 is 1.24 bits per heavy atom. The van der Waals surface area contributed by atoms with E-state index in [-0.39, 0.29) is 5.41 Å². The Bertz CT molecular complexity index is 789. The molecule has 2 aromatic carbocycles. The monoisotopic (exact) mass is 418 g/mol. The minimum absolute atomic E-state index is 0.218. The van der Waals surface area contributed by atoms with Gasteiger partial charge in [-0.2, -0.15) is 0 Å². The van der Waals surface area contributed by atoms with Crippen molar-refractivity contribution >= 4 is 33.5 Å². The van der Waals surface area contributed by atoms with Crippen molar-refractivity contribution in [3.8, 4) is 5.75 Å². The standard InChI is InChI=1S/C20H23BrN2OS/c1-20(2)12-22-19(23-13-20)16-6-4-5-7-18(16)25-11-14-10-15(21)8-9-17(14)24-3/h4-10H,11-13H2,1-3H3,(H,22,23). The number of ether oxygens (including phenoxy) is 1. The van der Waals surface area contributed by atoms with E-state index < -0.39 is 0 Å². The lowest BCUT2D eigenvalue weighted by Gasteiger charge is -2.29. The van der Waals surface area contributed by atoms with Crippen LogP contribution in [0.25, 0.3) is 0 Å². The lowest BCUT2D eigenvalue weighted by Crippen LogP contribution is -2.41. The number of rotatable bonds is 5. The Labute approximate surface area is 162 Å². The third-order valence-electron chi connectivity index (χ3n) is 4.17. The van der Waals surface area contributed by atoms with Crippen molar-refractivity contribution in [1.29, 1.82) is 0 Å². The maximum atomic E-state index is 5.49. The second-order valence-corrected chi connectivity index (χ2v) is 8.86. The Morgan fingerprint density at radius 2 is 2.04 bits per heavy atom. The average molecular weight is 419 g/mol. The summed E-state index contributed by atoms with van der Waals surface area (Å²) in [7, 11) is 1.72. The second-order valence-electron chi connectivity index (χ2n) is 6.92. The molecule has 1 aliphatic heterocycles. The molecule has 1 heterocycles. The highest BCUT2D eigenvalue weighted by Crippen LogP contribution is 2.32. The topological polar surface area (TPSA) is 33.6 Å². The van der Waals surface area contributed by atoms with Crippen molar-refractivity contribution in [2.24, 2.45) is 10.4 Å². The fraction of sp³-hybridized carbons (Fsp3) is 0.350. The van der Waals surface area contributed by atoms with Gasteiger partial charge in [-0.25, -0.2) is 0 Å². The first-order valence-corrected chi connectivity index (χ1v) is 10.1. The first-order valence-electron chi connectivity index (χ1n) is 8.31. The number of halogens is 1. The molecule has 0 bridgehead atoms. The number of thioether (sulfide) groups is 1. The van der Waals surface area contributed by atoms with E-state index in [1.807, 2.05) is 23.9 Å². The van der Waals surface area contributed by atoms with E-state index in [0.29, 0.717) is 0 Å². The van der Waals surface area contributed by atoms with Crippen LogP contribution in [-0.4, -0.2) is 26.0 Å². The lowest BCUT2D eigenvalue weighted by atomic mass is 9.92. The van der Waals surface area contributed by atoms with Gasteiger partial charge in [-0.3, -0.25) is 4.99 Å². The van der Waals surface area contributed by atoms with Crippen LogP contribution in [0.1, 0.15) is 25.0 Å². The summed E-state index contributed by atoms with van der Waals surface area (Å²) in [4.78, 5) is 6.01. The van der Waals surface area contributed by atoms with Crippen molar-refractivity contribution in [2.75, 3.05) is 20.2 Å². The van der Waals surface area contributed by atoms with Crippen LogP contribution in [0.4, 0.5) is 0 Å². The SMILES string of the molecule is COc1ccc(Br)cc1CSc1ccccc1C1=NCC(C)(C)CN1. The Morgan fingerprint density at radius 3 is 2.76 bits per heavy atom. The number of amidine groups is 1. The van der Waals surface area contributed by atoms with Gasteiger partial charge in [0, 0.05) is 44.8 Å². The summed E-state index contributed by atoms with van der Waals surface area (Å²) in [5, 5.41) is 3.50. The molecule has 0 spiro atoms. The van der Waals surface area contributed by atoms with Crippen molar-refractivity contribution in [1.82, 2.24) is 5.32 Å². The van der Waals surface area contributed by atoms with Crippen molar-refractivity contribution in [3.63, 3.8) is 0 Å². The maximum absolute atomic E-state index is 5.49. The first kappa shape index (κ1) is 18.3. The maximum Gasteiger partial charge on any atom is 0.129 e. The highest BCUT2D eigenvalue weighted by molar-refractivity contribution is 9.10. The van der Waals surface area contributed by atoms with E-state index in [1.54, 1.807) is 7.11 Å². The van der Waals surface area contributed by atoms with Gasteiger partial charge in [0.2, 0.25) is 0 Å². The molecule has 0 unspecified atom stereocenters. The molecule has 0 fully saturated rings. The average Bonchev–Trinajstić information content (AvgIpc) is 2.60. The summed E-state index contributed by atoms with van der Waals surface area (Å²) in [5.41, 5.74) is 2.57. The number of methoxy groups -OCH3 is 1. The highest BCUT2D eigenvalue weighted by Gasteiger charge is 2.23. The summed E-state index contributed by atoms with van der Waals surface area (Å²) >= 11 is 5.36. The molecule has 2 aromatic rings. The van der Waals surface area contributed by atoms with Crippen LogP contribution in [0.2, 0.25) is 0 Å². The summed E-state index contributed by atoms with van der Waals surface area (Å²) in [5.74, 6) is 2.77. The van der Waals surface area contributed by atoms with Crippen molar-refractivity contribution in [2.45, 2.75) is 24.5 Å². The third kappa shape index (κ3) is 4.59. The van der Waals surface area contributed by atoms with E-state index in [9.17, 15) is 0 Å². The number of benzene rings is 2. The van der Waals surface area contributed by atoms with Gasteiger partial charge in [-0.05, 0) is 24.3 Å². The number of aliphatic imine (C=N–C) groups is 1. The summed E-state index contributed by atoms with van der Waals surface area (Å²) in [6.45, 7) is 6.28. The van der Waals surface area contributed by atoms with Crippen LogP contribution >= 0.6 is 27.7 Å². The van der Waals surface area contributed by atoms with Crippen LogP contribution in [0.5, 0.6) is 5.75 Å². The van der Waals surface area contributed by atoms with Gasteiger partial charge >= 0.3 is 0 Å². The number of nitrogens with one attached hydrogen (secondary N) is 1. The minimum atomic E-state index is 0.218. The number of nitrogens with zero attached hydrogens (tertiary/aromatic N) is 1. The quantitative estimate of drug-likeness (QED) is 0.683. The fourth-order valence-corrected chi connectivity index (χ4v) is 4.15. The lowest BCUT2D eigenvalue weighted by molar-refractivity contribution is 0.362. The second kappa shape index (κ2) is 7.83. The van der Waals surface area contributed by atoms with E-state index in [0.717, 1.165) is 34.9 Å². The van der Waals surface area contributed by atoms with Crippen molar-refractivity contribution < 1.29 is 4.74 Å². The molecule has 0 aliphatic carbocycles. The van der Waals surface area contributed by atoms with Gasteiger partial charge in [0.05, 0.1) is 7.11 Å². The molecule has 0 aromatic heterocycles. The predicted molar refractivity (Wildman–Crippen MR) is 110 cm³/mol. The van der Waals surface area contributed by atoms with Crippen LogP contribution in [0.3, 0.4) is 0 Å². The molecule has 5 heteroatoms. The van der Waals surface area contributed by atoms with Gasteiger partial charge in [0.25, 0.3) is 0 Å².